The van der Waals surface area contributed by atoms with Gasteiger partial charge >= 0.3 is 11.4 Å². The maximum absolute atomic E-state index is 14.7. The third-order valence-electron chi connectivity index (χ3n) is 10.2. The lowest BCUT2D eigenvalue weighted by Gasteiger charge is -2.21. The fraction of sp³-hybridized carbons (Fsp3) is 0.217. The zero-order valence-corrected chi connectivity index (χ0v) is 36.4. The van der Waals surface area contributed by atoms with Gasteiger partial charge in [0.1, 0.15) is 11.6 Å². The standard InChI is InChI=1S/2C23H19ClF2N4O3/c2*1-12-3-2-4-14(9-12)22(32)29-21(19(31)13-5-8-16(24)17(25)10-13)30-11-18(26)20(28-23(30)33)27-15-6-7-15/h2*2-5,8-11,15,21H,6-7H2,1H3,(H,29,32)(H,27,28,33). The molecule has 2 saturated carbocycles. The van der Waals surface area contributed by atoms with Crippen molar-refractivity contribution in [3.8, 4) is 0 Å². The van der Waals surface area contributed by atoms with Crippen molar-refractivity contribution in [3.05, 3.63) is 185 Å². The number of nitrogens with zero attached hydrogens (tertiary/aromatic N) is 4. The van der Waals surface area contributed by atoms with Crippen molar-refractivity contribution in [3.63, 3.8) is 0 Å². The van der Waals surface area contributed by atoms with Crippen LogP contribution >= 0.6 is 23.2 Å². The molecule has 6 aromatic rings. The van der Waals surface area contributed by atoms with Crippen LogP contribution in [0.1, 0.15) is 90.6 Å². The second kappa shape index (κ2) is 19.9. The van der Waals surface area contributed by atoms with E-state index in [0.29, 0.717) is 9.13 Å². The number of rotatable bonds is 14. The zero-order valence-electron chi connectivity index (χ0n) is 34.9. The van der Waals surface area contributed by atoms with Gasteiger partial charge in [0.15, 0.2) is 35.6 Å². The number of amides is 2. The third-order valence-corrected chi connectivity index (χ3v) is 10.8. The predicted octanol–water partition coefficient (Wildman–Crippen LogP) is 7.74. The average molecular weight is 946 g/mol. The number of nitrogens with one attached hydrogen (secondary N) is 4. The number of hydrogen-bond acceptors (Lipinski definition) is 10. The van der Waals surface area contributed by atoms with Gasteiger partial charge in [-0.15, -0.1) is 0 Å². The Morgan fingerprint density at radius 3 is 1.27 bits per heavy atom. The molecule has 8 rings (SSSR count). The maximum atomic E-state index is 14.7. The topological polar surface area (TPSA) is 186 Å². The first kappa shape index (κ1) is 46.8. The molecule has 20 heteroatoms. The van der Waals surface area contributed by atoms with E-state index in [9.17, 15) is 46.3 Å². The Bertz CT molecular complexity index is 2810. The molecule has 4 N–H and O–H groups in total. The quantitative estimate of drug-likeness (QED) is 0.0622. The first-order valence-electron chi connectivity index (χ1n) is 20.3. The molecule has 0 spiro atoms. The summed E-state index contributed by atoms with van der Waals surface area (Å²) >= 11 is 11.4. The van der Waals surface area contributed by atoms with Gasteiger partial charge < -0.3 is 21.3 Å². The number of anilines is 2. The summed E-state index contributed by atoms with van der Waals surface area (Å²) in [5.74, 6) is -6.97. The number of carbonyl (C=O) groups excluding carboxylic acids is 4. The van der Waals surface area contributed by atoms with Gasteiger partial charge in [0.25, 0.3) is 11.8 Å². The van der Waals surface area contributed by atoms with Crippen LogP contribution in [0.25, 0.3) is 0 Å². The lowest BCUT2D eigenvalue weighted by Crippen LogP contribution is -2.43. The summed E-state index contributed by atoms with van der Waals surface area (Å²) < 4.78 is 58.7. The average Bonchev–Trinajstić information content (AvgIpc) is 4.24. The minimum absolute atomic E-state index is 0.0396. The van der Waals surface area contributed by atoms with Crippen molar-refractivity contribution in [2.45, 2.75) is 63.9 Å². The second-order valence-corrected chi connectivity index (χ2v) is 16.4. The van der Waals surface area contributed by atoms with E-state index in [4.69, 9.17) is 23.2 Å². The number of aromatic nitrogens is 4. The Balaban J connectivity index is 0.000000196. The second-order valence-electron chi connectivity index (χ2n) is 15.6. The fourth-order valence-corrected chi connectivity index (χ4v) is 6.67. The molecule has 2 unspecified atom stereocenters. The zero-order chi connectivity index (χ0) is 47.4. The summed E-state index contributed by atoms with van der Waals surface area (Å²) in [7, 11) is 0. The molecule has 2 aliphatic rings. The molecule has 2 atom stereocenters. The molecule has 0 aliphatic heterocycles. The molecule has 66 heavy (non-hydrogen) atoms. The Morgan fingerprint density at radius 1 is 0.561 bits per heavy atom. The van der Waals surface area contributed by atoms with Crippen molar-refractivity contribution in [1.29, 1.82) is 0 Å². The van der Waals surface area contributed by atoms with Crippen molar-refractivity contribution in [1.82, 2.24) is 29.7 Å². The van der Waals surface area contributed by atoms with Gasteiger partial charge in [-0.3, -0.25) is 28.3 Å². The van der Waals surface area contributed by atoms with Crippen LogP contribution in [-0.2, 0) is 0 Å². The van der Waals surface area contributed by atoms with E-state index in [0.717, 1.165) is 61.3 Å². The first-order valence-corrected chi connectivity index (χ1v) is 21.1. The van der Waals surface area contributed by atoms with Gasteiger partial charge in [-0.05, 0) is 100 Å². The number of aryl methyl sites for hydroxylation is 2. The molecule has 0 radical (unpaired) electrons. The molecule has 0 bridgehead atoms. The molecule has 4 aromatic carbocycles. The minimum atomic E-state index is -1.68. The summed E-state index contributed by atoms with van der Waals surface area (Å²) in [6.07, 6.45) is 1.57. The monoisotopic (exact) mass is 944 g/mol. The van der Waals surface area contributed by atoms with Gasteiger partial charge in [-0.25, -0.2) is 27.2 Å². The fourth-order valence-electron chi connectivity index (χ4n) is 6.43. The highest BCUT2D eigenvalue weighted by atomic mass is 35.5. The summed E-state index contributed by atoms with van der Waals surface area (Å²) in [5, 5.41) is 10.1. The van der Waals surface area contributed by atoms with Crippen LogP contribution in [0.4, 0.5) is 29.2 Å². The number of ketones is 2. The molecule has 0 saturated heterocycles. The van der Waals surface area contributed by atoms with Crippen LogP contribution in [0.5, 0.6) is 0 Å². The van der Waals surface area contributed by atoms with E-state index in [2.05, 4.69) is 31.2 Å². The van der Waals surface area contributed by atoms with Crippen LogP contribution in [0.15, 0.2) is 107 Å². The molecule has 14 nitrogen and oxygen atoms in total. The van der Waals surface area contributed by atoms with Gasteiger partial charge in [-0.1, -0.05) is 58.6 Å². The lowest BCUT2D eigenvalue weighted by atomic mass is 10.1. The first-order chi connectivity index (χ1) is 31.4. The van der Waals surface area contributed by atoms with E-state index in [-0.39, 0.29) is 56.0 Å². The molecule has 2 heterocycles. The number of benzene rings is 4. The van der Waals surface area contributed by atoms with E-state index >= 15 is 0 Å². The van der Waals surface area contributed by atoms with Gasteiger partial charge in [-0.2, -0.15) is 9.97 Å². The van der Waals surface area contributed by atoms with Gasteiger partial charge in [0.05, 0.1) is 22.4 Å². The normalized spacial score (nSPS) is 13.9. The Labute approximate surface area is 383 Å². The van der Waals surface area contributed by atoms with Crippen molar-refractivity contribution in [2.75, 3.05) is 10.6 Å². The Hall–Kier alpha value is -7.18. The van der Waals surface area contributed by atoms with Crippen LogP contribution in [0.3, 0.4) is 0 Å². The highest BCUT2D eigenvalue weighted by Gasteiger charge is 2.31. The van der Waals surface area contributed by atoms with Crippen molar-refractivity contribution >= 4 is 58.2 Å². The molecule has 2 aromatic heterocycles. The summed E-state index contributed by atoms with van der Waals surface area (Å²) in [5.41, 5.74) is -0.213. The van der Waals surface area contributed by atoms with E-state index < -0.39 is 70.4 Å². The molecule has 2 amide bonds. The number of carbonyl (C=O) groups is 4. The summed E-state index contributed by atoms with van der Waals surface area (Å²) in [6.45, 7) is 3.57. The SMILES string of the molecule is Cc1cccc(C(=O)NC(C(=O)c2ccc(Cl)c(F)c2)n2cc(F)c(NC3CC3)nc2=O)c1.Cc1cccc(C(=O)NC(C(=O)c2ccc(Cl)c(F)c2)n2cc(F)c(NC3CC3)nc2=O)c1. The number of Topliss-reactive ketones (excluding diaryl/α,β-unsaturated/α-hetero) is 2. The van der Waals surface area contributed by atoms with Crippen LogP contribution < -0.4 is 32.6 Å². The molecule has 2 aliphatic carbocycles. The highest BCUT2D eigenvalue weighted by Crippen LogP contribution is 2.27. The molecular formula is C46H38Cl2F4N8O6. The Kier molecular flexibility index (Phi) is 14.1. The molecule has 2 fully saturated rings. The number of hydrogen-bond donors (Lipinski definition) is 4. The summed E-state index contributed by atoms with van der Waals surface area (Å²) in [4.78, 5) is 85.0. The van der Waals surface area contributed by atoms with Crippen LogP contribution in [0.2, 0.25) is 10.0 Å². The summed E-state index contributed by atoms with van der Waals surface area (Å²) in [6, 6.07) is 19.8. The molecule has 340 valence electrons. The third kappa shape index (κ3) is 11.4. The van der Waals surface area contributed by atoms with Crippen molar-refractivity contribution in [2.24, 2.45) is 0 Å². The largest absolute Gasteiger partial charge is 0.365 e. The maximum Gasteiger partial charge on any atom is 0.351 e. The van der Waals surface area contributed by atoms with E-state index in [1.54, 1.807) is 50.2 Å². The van der Waals surface area contributed by atoms with Gasteiger partial charge in [0, 0.05) is 34.3 Å². The minimum Gasteiger partial charge on any atom is -0.365 e. The Morgan fingerprint density at radius 2 is 0.939 bits per heavy atom. The van der Waals surface area contributed by atoms with E-state index in [1.807, 2.05) is 0 Å². The van der Waals surface area contributed by atoms with E-state index in [1.165, 1.54) is 36.4 Å². The molecular weight excluding hydrogens is 907 g/mol. The smallest absolute Gasteiger partial charge is 0.351 e. The highest BCUT2D eigenvalue weighted by molar-refractivity contribution is 6.31. The van der Waals surface area contributed by atoms with Crippen molar-refractivity contribution < 1.29 is 36.7 Å². The number of halogens is 6. The van der Waals surface area contributed by atoms with Gasteiger partial charge in [0.2, 0.25) is 11.6 Å². The lowest BCUT2D eigenvalue weighted by molar-refractivity contribution is 0.0811. The van der Waals surface area contributed by atoms with Crippen LogP contribution in [-0.4, -0.2) is 54.6 Å². The van der Waals surface area contributed by atoms with Crippen LogP contribution in [0, 0.1) is 37.1 Å². The predicted molar refractivity (Wildman–Crippen MR) is 237 cm³/mol.